The molecule has 6 heteroatoms. The van der Waals surface area contributed by atoms with E-state index in [4.69, 9.17) is 10.5 Å². The summed E-state index contributed by atoms with van der Waals surface area (Å²) in [6.07, 6.45) is 5.66. The van der Waals surface area contributed by atoms with E-state index in [1.165, 1.54) is 0 Å². The molecule has 0 aliphatic heterocycles. The lowest BCUT2D eigenvalue weighted by Gasteiger charge is -2.25. The van der Waals surface area contributed by atoms with Crippen LogP contribution in [0.4, 0.5) is 0 Å². The van der Waals surface area contributed by atoms with E-state index >= 15 is 0 Å². The molecular weight excluding hydrogens is 304 g/mol. The number of nitrogens with zero attached hydrogens (tertiary/aromatic N) is 2. The Hall–Kier alpha value is -2.34. The molecule has 1 aliphatic rings. The van der Waals surface area contributed by atoms with Crippen LogP contribution in [0.5, 0.6) is 5.75 Å². The second-order valence-electron chi connectivity index (χ2n) is 6.29. The zero-order chi connectivity index (χ0) is 16.9. The van der Waals surface area contributed by atoms with Gasteiger partial charge in [-0.05, 0) is 49.6 Å². The van der Waals surface area contributed by atoms with Crippen LogP contribution in [0, 0.1) is 5.92 Å². The van der Waals surface area contributed by atoms with Crippen molar-refractivity contribution < 1.29 is 9.53 Å². The summed E-state index contributed by atoms with van der Waals surface area (Å²) in [5.74, 6) is 0.936. The molecule has 0 saturated heterocycles. The highest BCUT2D eigenvalue weighted by Gasteiger charge is 2.25. The molecule has 3 N–H and O–H groups in total. The number of methoxy groups -OCH3 is 1. The van der Waals surface area contributed by atoms with Crippen LogP contribution < -0.4 is 15.8 Å². The maximum atomic E-state index is 12.2. The first-order chi connectivity index (χ1) is 11.7. The largest absolute Gasteiger partial charge is 0.497 e. The average molecular weight is 328 g/mol. The number of hydrogen-bond acceptors (Lipinski definition) is 4. The van der Waals surface area contributed by atoms with Crippen molar-refractivity contribution in [3.63, 3.8) is 0 Å². The zero-order valence-electron chi connectivity index (χ0n) is 13.9. The summed E-state index contributed by atoms with van der Waals surface area (Å²) >= 11 is 0. The summed E-state index contributed by atoms with van der Waals surface area (Å²) in [4.78, 5) is 12.2. The highest BCUT2D eigenvalue weighted by molar-refractivity contribution is 5.78. The van der Waals surface area contributed by atoms with Crippen LogP contribution >= 0.6 is 0 Å². The molecule has 2 aromatic rings. The smallest absolute Gasteiger partial charge is 0.223 e. The van der Waals surface area contributed by atoms with Crippen molar-refractivity contribution in [1.29, 1.82) is 0 Å². The summed E-state index contributed by atoms with van der Waals surface area (Å²) in [5.41, 5.74) is 7.74. The van der Waals surface area contributed by atoms with Gasteiger partial charge in [0.05, 0.1) is 25.0 Å². The van der Waals surface area contributed by atoms with Crippen LogP contribution in [0.15, 0.2) is 36.5 Å². The Kier molecular flexibility index (Phi) is 5.15. The standard InChI is InChI=1S/C18H24N4O2/c1-24-17-7-5-16(6-8-17)22-10-9-15(21-22)12-20-18(23)13-3-2-4-14(19)11-13/h5-10,13-14H,2-4,11-12,19H2,1H3,(H,20,23). The summed E-state index contributed by atoms with van der Waals surface area (Å²) in [5, 5.41) is 7.49. The van der Waals surface area contributed by atoms with Crippen LogP contribution in [0.2, 0.25) is 0 Å². The van der Waals surface area contributed by atoms with Crippen molar-refractivity contribution in [1.82, 2.24) is 15.1 Å². The van der Waals surface area contributed by atoms with Crippen molar-refractivity contribution in [3.8, 4) is 11.4 Å². The summed E-state index contributed by atoms with van der Waals surface area (Å²) in [6, 6.07) is 9.74. The Labute approximate surface area is 142 Å². The van der Waals surface area contributed by atoms with Gasteiger partial charge in [0.1, 0.15) is 5.75 Å². The first-order valence-electron chi connectivity index (χ1n) is 8.38. The summed E-state index contributed by atoms with van der Waals surface area (Å²) in [7, 11) is 1.64. The Balaban J connectivity index is 1.56. The molecule has 1 fully saturated rings. The maximum absolute atomic E-state index is 12.2. The summed E-state index contributed by atoms with van der Waals surface area (Å²) in [6.45, 7) is 0.438. The molecule has 0 radical (unpaired) electrons. The van der Waals surface area contributed by atoms with E-state index in [9.17, 15) is 4.79 Å². The molecule has 1 heterocycles. The van der Waals surface area contributed by atoms with Gasteiger partial charge in [0.25, 0.3) is 0 Å². The van der Waals surface area contributed by atoms with Crippen LogP contribution in [0.1, 0.15) is 31.4 Å². The maximum Gasteiger partial charge on any atom is 0.223 e. The second-order valence-corrected chi connectivity index (χ2v) is 6.29. The van der Waals surface area contributed by atoms with E-state index in [2.05, 4.69) is 10.4 Å². The molecule has 3 rings (SSSR count). The van der Waals surface area contributed by atoms with Gasteiger partial charge in [-0.3, -0.25) is 4.79 Å². The van der Waals surface area contributed by atoms with Crippen molar-refractivity contribution in [2.45, 2.75) is 38.3 Å². The van der Waals surface area contributed by atoms with E-state index < -0.39 is 0 Å². The average Bonchev–Trinajstić information content (AvgIpc) is 3.09. The van der Waals surface area contributed by atoms with Gasteiger partial charge in [0, 0.05) is 18.2 Å². The quantitative estimate of drug-likeness (QED) is 0.880. The SMILES string of the molecule is COc1ccc(-n2ccc(CNC(=O)C3CCCC(N)C3)n2)cc1. The minimum Gasteiger partial charge on any atom is -0.497 e. The first-order valence-corrected chi connectivity index (χ1v) is 8.38. The Morgan fingerprint density at radius 1 is 1.33 bits per heavy atom. The molecule has 1 aromatic heterocycles. The van der Waals surface area contributed by atoms with Gasteiger partial charge in [-0.1, -0.05) is 6.42 Å². The molecule has 128 valence electrons. The number of carbonyl (C=O) groups is 1. The van der Waals surface area contributed by atoms with Crippen LogP contribution in [0.3, 0.4) is 0 Å². The minimum absolute atomic E-state index is 0.0393. The number of benzene rings is 1. The van der Waals surface area contributed by atoms with E-state index in [1.54, 1.807) is 11.8 Å². The normalized spacial score (nSPS) is 20.6. The lowest BCUT2D eigenvalue weighted by atomic mass is 9.85. The fraction of sp³-hybridized carbons (Fsp3) is 0.444. The fourth-order valence-electron chi connectivity index (χ4n) is 3.12. The van der Waals surface area contributed by atoms with Crippen LogP contribution in [0.25, 0.3) is 5.69 Å². The number of ether oxygens (including phenoxy) is 1. The molecule has 1 aromatic carbocycles. The monoisotopic (exact) mass is 328 g/mol. The predicted molar refractivity (Wildman–Crippen MR) is 91.9 cm³/mol. The lowest BCUT2D eigenvalue weighted by Crippen LogP contribution is -2.37. The van der Waals surface area contributed by atoms with Crippen LogP contribution in [-0.2, 0) is 11.3 Å². The van der Waals surface area contributed by atoms with Crippen molar-refractivity contribution >= 4 is 5.91 Å². The Morgan fingerprint density at radius 3 is 2.83 bits per heavy atom. The van der Waals surface area contributed by atoms with Gasteiger partial charge in [-0.25, -0.2) is 4.68 Å². The lowest BCUT2D eigenvalue weighted by molar-refractivity contribution is -0.126. The number of aromatic nitrogens is 2. The third kappa shape index (κ3) is 3.94. The summed E-state index contributed by atoms with van der Waals surface area (Å²) < 4.78 is 6.94. The van der Waals surface area contributed by atoms with Crippen molar-refractivity contribution in [2.75, 3.05) is 7.11 Å². The van der Waals surface area contributed by atoms with Gasteiger partial charge in [-0.15, -0.1) is 0 Å². The van der Waals surface area contributed by atoms with Gasteiger partial charge in [0.15, 0.2) is 0 Å². The molecule has 2 unspecified atom stereocenters. The molecule has 1 amide bonds. The van der Waals surface area contributed by atoms with E-state index in [0.717, 1.165) is 42.8 Å². The van der Waals surface area contributed by atoms with Gasteiger partial charge in [-0.2, -0.15) is 5.10 Å². The number of hydrogen-bond donors (Lipinski definition) is 2. The number of rotatable bonds is 5. The molecule has 0 bridgehead atoms. The molecule has 1 saturated carbocycles. The molecule has 24 heavy (non-hydrogen) atoms. The number of nitrogens with two attached hydrogens (primary N) is 1. The Morgan fingerprint density at radius 2 is 2.12 bits per heavy atom. The topological polar surface area (TPSA) is 82.2 Å². The van der Waals surface area contributed by atoms with Gasteiger partial charge in [0.2, 0.25) is 5.91 Å². The van der Waals surface area contributed by atoms with Gasteiger partial charge >= 0.3 is 0 Å². The third-order valence-corrected chi connectivity index (χ3v) is 4.51. The van der Waals surface area contributed by atoms with Gasteiger partial charge < -0.3 is 15.8 Å². The fourth-order valence-corrected chi connectivity index (χ4v) is 3.12. The second kappa shape index (κ2) is 7.49. The molecule has 6 nitrogen and oxygen atoms in total. The Bertz CT molecular complexity index is 681. The predicted octanol–water partition coefficient (Wildman–Crippen LogP) is 2.01. The minimum atomic E-state index is 0.0393. The van der Waals surface area contributed by atoms with Crippen molar-refractivity contribution in [2.24, 2.45) is 11.7 Å². The molecule has 0 spiro atoms. The number of nitrogens with one attached hydrogen (secondary N) is 1. The number of amides is 1. The molecular formula is C18H24N4O2. The molecule has 1 aliphatic carbocycles. The highest BCUT2D eigenvalue weighted by atomic mass is 16.5. The van der Waals surface area contributed by atoms with E-state index in [1.807, 2.05) is 36.5 Å². The van der Waals surface area contributed by atoms with E-state index in [0.29, 0.717) is 6.54 Å². The zero-order valence-corrected chi connectivity index (χ0v) is 13.9. The van der Waals surface area contributed by atoms with E-state index in [-0.39, 0.29) is 17.9 Å². The third-order valence-electron chi connectivity index (χ3n) is 4.51. The highest BCUT2D eigenvalue weighted by Crippen LogP contribution is 2.23. The first kappa shape index (κ1) is 16.5. The van der Waals surface area contributed by atoms with Crippen molar-refractivity contribution in [3.05, 3.63) is 42.2 Å². The molecule has 2 atom stereocenters. The number of carbonyl (C=O) groups excluding carboxylic acids is 1. The van der Waals surface area contributed by atoms with Crippen LogP contribution in [-0.4, -0.2) is 28.8 Å².